The van der Waals surface area contributed by atoms with E-state index in [9.17, 15) is 0 Å². The second-order valence-corrected chi connectivity index (χ2v) is 6.42. The number of benzene rings is 1. The first kappa shape index (κ1) is 16.3. The average molecular weight is 290 g/mol. The third-order valence-electron chi connectivity index (χ3n) is 4.19. The standard InChI is InChI=1S/C18H30N2O/c1-6-8-20-13-16-11-18(21-7-2)17(12-19(4)5)10-15(16)9-14(20)3/h10-11,14H,6-9,12-13H2,1-5H3. The van der Waals surface area contributed by atoms with Gasteiger partial charge in [-0.25, -0.2) is 0 Å². The molecule has 1 aliphatic heterocycles. The lowest BCUT2D eigenvalue weighted by atomic mass is 9.92. The first-order valence-electron chi connectivity index (χ1n) is 8.21. The SMILES string of the molecule is CCCN1Cc2cc(OCC)c(CN(C)C)cc2CC1C. The Hall–Kier alpha value is -1.06. The van der Waals surface area contributed by atoms with Crippen LogP contribution in [-0.2, 0) is 19.5 Å². The van der Waals surface area contributed by atoms with E-state index in [0.29, 0.717) is 6.04 Å². The minimum absolute atomic E-state index is 0.641. The van der Waals surface area contributed by atoms with Gasteiger partial charge in [0.1, 0.15) is 5.75 Å². The number of fused-ring (bicyclic) bond motifs is 1. The molecule has 0 amide bonds. The summed E-state index contributed by atoms with van der Waals surface area (Å²) in [4.78, 5) is 4.80. The summed E-state index contributed by atoms with van der Waals surface area (Å²) in [5.41, 5.74) is 4.28. The van der Waals surface area contributed by atoms with Gasteiger partial charge < -0.3 is 9.64 Å². The highest BCUT2D eigenvalue weighted by molar-refractivity contribution is 5.44. The zero-order valence-electron chi connectivity index (χ0n) is 14.3. The van der Waals surface area contributed by atoms with Gasteiger partial charge in [0, 0.05) is 24.7 Å². The Morgan fingerprint density at radius 2 is 2.00 bits per heavy atom. The molecule has 0 N–H and O–H groups in total. The number of hydrogen-bond donors (Lipinski definition) is 0. The van der Waals surface area contributed by atoms with Crippen LogP contribution in [0, 0.1) is 0 Å². The van der Waals surface area contributed by atoms with Gasteiger partial charge in [0.15, 0.2) is 0 Å². The van der Waals surface area contributed by atoms with Gasteiger partial charge in [-0.15, -0.1) is 0 Å². The fourth-order valence-corrected chi connectivity index (χ4v) is 3.22. The molecular formula is C18H30N2O. The lowest BCUT2D eigenvalue weighted by molar-refractivity contribution is 0.184. The molecule has 0 bridgehead atoms. The smallest absolute Gasteiger partial charge is 0.124 e. The number of nitrogens with zero attached hydrogens (tertiary/aromatic N) is 2. The zero-order valence-corrected chi connectivity index (χ0v) is 14.3. The second-order valence-electron chi connectivity index (χ2n) is 6.42. The molecule has 1 heterocycles. The molecule has 0 fully saturated rings. The highest BCUT2D eigenvalue weighted by atomic mass is 16.5. The predicted molar refractivity (Wildman–Crippen MR) is 88.9 cm³/mol. The van der Waals surface area contributed by atoms with E-state index in [1.807, 2.05) is 0 Å². The van der Waals surface area contributed by atoms with Crippen LogP contribution in [0.15, 0.2) is 12.1 Å². The summed E-state index contributed by atoms with van der Waals surface area (Å²) < 4.78 is 5.88. The third kappa shape index (κ3) is 3.98. The summed E-state index contributed by atoms with van der Waals surface area (Å²) in [6.07, 6.45) is 2.37. The van der Waals surface area contributed by atoms with E-state index in [-0.39, 0.29) is 0 Å². The highest BCUT2D eigenvalue weighted by Crippen LogP contribution is 2.31. The van der Waals surface area contributed by atoms with Gasteiger partial charge in [0.2, 0.25) is 0 Å². The Bertz CT molecular complexity index is 471. The highest BCUT2D eigenvalue weighted by Gasteiger charge is 2.23. The Balaban J connectivity index is 2.30. The van der Waals surface area contributed by atoms with E-state index in [0.717, 1.165) is 31.9 Å². The van der Waals surface area contributed by atoms with Crippen molar-refractivity contribution < 1.29 is 4.74 Å². The molecule has 3 nitrogen and oxygen atoms in total. The van der Waals surface area contributed by atoms with Crippen LogP contribution in [-0.4, -0.2) is 43.1 Å². The van der Waals surface area contributed by atoms with E-state index in [4.69, 9.17) is 4.74 Å². The molecule has 0 aromatic heterocycles. The molecule has 2 rings (SSSR count). The molecule has 1 aliphatic rings. The number of rotatable bonds is 6. The van der Waals surface area contributed by atoms with Gasteiger partial charge in [-0.1, -0.05) is 13.0 Å². The Morgan fingerprint density at radius 1 is 1.24 bits per heavy atom. The summed E-state index contributed by atoms with van der Waals surface area (Å²) in [6, 6.07) is 5.30. The largest absolute Gasteiger partial charge is 0.494 e. The molecule has 1 atom stereocenters. The van der Waals surface area contributed by atoms with Crippen molar-refractivity contribution in [2.24, 2.45) is 0 Å². The summed E-state index contributed by atoms with van der Waals surface area (Å²) in [5.74, 6) is 1.07. The minimum atomic E-state index is 0.641. The van der Waals surface area contributed by atoms with Crippen molar-refractivity contribution in [2.75, 3.05) is 27.2 Å². The minimum Gasteiger partial charge on any atom is -0.494 e. The molecule has 0 saturated heterocycles. The van der Waals surface area contributed by atoms with Crippen molar-refractivity contribution in [1.29, 1.82) is 0 Å². The molecule has 1 aromatic carbocycles. The number of ether oxygens (including phenoxy) is 1. The van der Waals surface area contributed by atoms with Crippen molar-refractivity contribution in [3.05, 3.63) is 28.8 Å². The molecule has 3 heteroatoms. The van der Waals surface area contributed by atoms with Gasteiger partial charge >= 0.3 is 0 Å². The van der Waals surface area contributed by atoms with Crippen molar-refractivity contribution >= 4 is 0 Å². The van der Waals surface area contributed by atoms with Gasteiger partial charge in [-0.2, -0.15) is 0 Å². The van der Waals surface area contributed by atoms with E-state index in [1.54, 1.807) is 0 Å². The third-order valence-corrected chi connectivity index (χ3v) is 4.19. The Labute approximate surface area is 129 Å². The molecule has 21 heavy (non-hydrogen) atoms. The zero-order chi connectivity index (χ0) is 15.4. The van der Waals surface area contributed by atoms with Gasteiger partial charge in [-0.3, -0.25) is 4.90 Å². The summed E-state index contributed by atoms with van der Waals surface area (Å²) in [7, 11) is 4.22. The maximum atomic E-state index is 5.88. The maximum Gasteiger partial charge on any atom is 0.124 e. The molecule has 0 radical (unpaired) electrons. The molecule has 1 unspecified atom stereocenters. The van der Waals surface area contributed by atoms with Crippen molar-refractivity contribution in [1.82, 2.24) is 9.80 Å². The molecule has 1 aromatic rings. The second kappa shape index (κ2) is 7.28. The number of hydrogen-bond acceptors (Lipinski definition) is 3. The molecule has 118 valence electrons. The van der Waals surface area contributed by atoms with Crippen LogP contribution in [0.4, 0.5) is 0 Å². The van der Waals surface area contributed by atoms with E-state index >= 15 is 0 Å². The Morgan fingerprint density at radius 3 is 2.62 bits per heavy atom. The van der Waals surface area contributed by atoms with Crippen LogP contribution in [0.2, 0.25) is 0 Å². The lowest BCUT2D eigenvalue weighted by Gasteiger charge is -2.35. The fraction of sp³-hybridized carbons (Fsp3) is 0.667. The van der Waals surface area contributed by atoms with E-state index in [1.165, 1.54) is 29.7 Å². The molecule has 0 saturated carbocycles. The molecular weight excluding hydrogens is 260 g/mol. The maximum absolute atomic E-state index is 5.88. The van der Waals surface area contributed by atoms with Crippen LogP contribution >= 0.6 is 0 Å². The quantitative estimate of drug-likeness (QED) is 0.799. The lowest BCUT2D eigenvalue weighted by Crippen LogP contribution is -2.38. The normalized spacial score (nSPS) is 18.9. The summed E-state index contributed by atoms with van der Waals surface area (Å²) >= 11 is 0. The Kier molecular flexibility index (Phi) is 5.65. The van der Waals surface area contributed by atoms with Gasteiger partial charge in [0.05, 0.1) is 6.61 Å². The molecule has 0 aliphatic carbocycles. The van der Waals surface area contributed by atoms with Crippen LogP contribution < -0.4 is 4.74 Å². The summed E-state index contributed by atoms with van der Waals surface area (Å²) in [6.45, 7) is 10.6. The molecule has 0 spiro atoms. The average Bonchev–Trinajstić information content (AvgIpc) is 2.41. The van der Waals surface area contributed by atoms with Crippen molar-refractivity contribution in [3.63, 3.8) is 0 Å². The van der Waals surface area contributed by atoms with Crippen LogP contribution in [0.5, 0.6) is 5.75 Å². The predicted octanol–water partition coefficient (Wildman–Crippen LogP) is 3.30. The van der Waals surface area contributed by atoms with Gasteiger partial charge in [0.25, 0.3) is 0 Å². The van der Waals surface area contributed by atoms with Crippen LogP contribution in [0.3, 0.4) is 0 Å². The first-order chi connectivity index (χ1) is 10.0. The van der Waals surface area contributed by atoms with E-state index in [2.05, 4.69) is 56.8 Å². The topological polar surface area (TPSA) is 15.7 Å². The van der Waals surface area contributed by atoms with Gasteiger partial charge in [-0.05, 0) is 64.5 Å². The fourth-order valence-electron chi connectivity index (χ4n) is 3.22. The van der Waals surface area contributed by atoms with Crippen molar-refractivity contribution in [2.45, 2.75) is 52.7 Å². The summed E-state index contributed by atoms with van der Waals surface area (Å²) in [5, 5.41) is 0. The monoisotopic (exact) mass is 290 g/mol. The van der Waals surface area contributed by atoms with Crippen LogP contribution in [0.25, 0.3) is 0 Å². The van der Waals surface area contributed by atoms with E-state index < -0.39 is 0 Å². The van der Waals surface area contributed by atoms with Crippen molar-refractivity contribution in [3.8, 4) is 5.75 Å². The van der Waals surface area contributed by atoms with Crippen LogP contribution in [0.1, 0.15) is 43.9 Å². The first-order valence-corrected chi connectivity index (χ1v) is 8.21.